The summed E-state index contributed by atoms with van der Waals surface area (Å²) < 4.78 is 0. The average molecular weight is 234 g/mol. The van der Waals surface area contributed by atoms with Crippen molar-refractivity contribution in [3.63, 3.8) is 0 Å². The topological polar surface area (TPSA) is 27.0 Å². The van der Waals surface area contributed by atoms with Gasteiger partial charge >= 0.3 is 0 Å². The number of nitriles is 1. The third-order valence-corrected chi connectivity index (χ3v) is 4.78. The van der Waals surface area contributed by atoms with Gasteiger partial charge in [0.25, 0.3) is 0 Å². The highest BCUT2D eigenvalue weighted by Crippen LogP contribution is 2.37. The first kappa shape index (κ1) is 12.9. The summed E-state index contributed by atoms with van der Waals surface area (Å²) in [6, 6.07) is 3.83. The van der Waals surface area contributed by atoms with E-state index in [0.717, 1.165) is 24.3 Å². The van der Waals surface area contributed by atoms with Crippen LogP contribution in [-0.2, 0) is 0 Å². The van der Waals surface area contributed by atoms with Gasteiger partial charge in [-0.15, -0.1) is 0 Å². The molecule has 2 rings (SSSR count). The molecule has 2 heteroatoms. The van der Waals surface area contributed by atoms with Crippen molar-refractivity contribution in [1.29, 1.82) is 5.26 Å². The molecule has 1 saturated carbocycles. The highest BCUT2D eigenvalue weighted by molar-refractivity contribution is 5.00. The molecule has 4 unspecified atom stereocenters. The lowest BCUT2D eigenvalue weighted by Gasteiger charge is -2.41. The van der Waals surface area contributed by atoms with Crippen molar-refractivity contribution < 1.29 is 0 Å². The summed E-state index contributed by atoms with van der Waals surface area (Å²) in [7, 11) is 0. The van der Waals surface area contributed by atoms with Gasteiger partial charge < -0.3 is 0 Å². The van der Waals surface area contributed by atoms with Gasteiger partial charge in [-0.05, 0) is 50.5 Å². The molecule has 0 aromatic rings. The fraction of sp³-hybridized carbons (Fsp3) is 0.933. The van der Waals surface area contributed by atoms with Crippen molar-refractivity contribution in [2.45, 2.75) is 65.0 Å². The van der Waals surface area contributed by atoms with Crippen LogP contribution in [0.3, 0.4) is 0 Å². The normalized spacial score (nSPS) is 39.5. The lowest BCUT2D eigenvalue weighted by molar-refractivity contribution is 0.0760. The Labute approximate surface area is 106 Å². The summed E-state index contributed by atoms with van der Waals surface area (Å²) in [5.41, 5.74) is 0. The van der Waals surface area contributed by atoms with E-state index >= 15 is 0 Å². The highest BCUT2D eigenvalue weighted by atomic mass is 15.2. The van der Waals surface area contributed by atoms with Crippen LogP contribution in [0.25, 0.3) is 0 Å². The van der Waals surface area contributed by atoms with Crippen molar-refractivity contribution in [2.75, 3.05) is 6.54 Å². The number of hydrogen-bond donors (Lipinski definition) is 0. The van der Waals surface area contributed by atoms with E-state index in [-0.39, 0.29) is 5.92 Å². The maximum absolute atomic E-state index is 9.36. The Balaban J connectivity index is 2.10. The third-order valence-electron chi connectivity index (χ3n) is 4.78. The van der Waals surface area contributed by atoms with E-state index < -0.39 is 0 Å². The minimum absolute atomic E-state index is 0.283. The quantitative estimate of drug-likeness (QED) is 0.732. The van der Waals surface area contributed by atoms with Gasteiger partial charge in [0.05, 0.1) is 12.0 Å². The number of hydrogen-bond acceptors (Lipinski definition) is 2. The molecule has 96 valence electrons. The third kappa shape index (κ3) is 2.65. The molecule has 1 aliphatic carbocycles. The molecule has 1 heterocycles. The summed E-state index contributed by atoms with van der Waals surface area (Å²) in [6.07, 6.45) is 6.26. The van der Waals surface area contributed by atoms with E-state index in [1.807, 2.05) is 0 Å². The van der Waals surface area contributed by atoms with Crippen LogP contribution in [0.2, 0.25) is 0 Å². The van der Waals surface area contributed by atoms with Gasteiger partial charge in [-0.2, -0.15) is 5.26 Å². The van der Waals surface area contributed by atoms with Gasteiger partial charge in [0.2, 0.25) is 0 Å². The summed E-state index contributed by atoms with van der Waals surface area (Å²) in [5.74, 6) is 1.82. The van der Waals surface area contributed by atoms with Crippen LogP contribution < -0.4 is 0 Å². The molecule has 0 bridgehead atoms. The lowest BCUT2D eigenvalue weighted by Crippen LogP contribution is -2.47. The Bertz CT molecular complexity index is 292. The molecular formula is C15H26N2. The van der Waals surface area contributed by atoms with E-state index in [1.54, 1.807) is 0 Å². The molecule has 0 amide bonds. The molecule has 0 aromatic heterocycles. The van der Waals surface area contributed by atoms with Gasteiger partial charge in [-0.1, -0.05) is 20.8 Å². The van der Waals surface area contributed by atoms with E-state index in [9.17, 15) is 5.26 Å². The van der Waals surface area contributed by atoms with Crippen LogP contribution in [0.1, 0.15) is 52.9 Å². The molecule has 0 radical (unpaired) electrons. The van der Waals surface area contributed by atoms with Crippen LogP contribution in [-0.4, -0.2) is 23.5 Å². The minimum Gasteiger partial charge on any atom is -0.296 e. The lowest BCUT2D eigenvalue weighted by atomic mass is 9.78. The average Bonchev–Trinajstić information content (AvgIpc) is 2.77. The predicted octanol–water partition coefficient (Wildman–Crippen LogP) is 3.44. The fourth-order valence-electron chi connectivity index (χ4n) is 3.81. The van der Waals surface area contributed by atoms with Crippen LogP contribution in [0.4, 0.5) is 0 Å². The zero-order valence-electron chi connectivity index (χ0n) is 11.5. The zero-order valence-corrected chi connectivity index (χ0v) is 11.5. The standard InChI is InChI=1S/C15H26N2/c1-11(2)14-5-4-8-17(14)15-9-12(3)6-7-13(15)10-16/h11-15H,4-9H2,1-3H3. The Kier molecular flexibility index (Phi) is 4.09. The first-order chi connectivity index (χ1) is 8.13. The second-order valence-corrected chi connectivity index (χ2v) is 6.41. The first-order valence-electron chi connectivity index (χ1n) is 7.28. The second-order valence-electron chi connectivity index (χ2n) is 6.41. The number of nitrogens with zero attached hydrogens (tertiary/aromatic N) is 2. The number of rotatable bonds is 2. The van der Waals surface area contributed by atoms with Crippen LogP contribution in [0.15, 0.2) is 0 Å². The molecule has 2 fully saturated rings. The predicted molar refractivity (Wildman–Crippen MR) is 70.5 cm³/mol. The summed E-state index contributed by atoms with van der Waals surface area (Å²) in [5, 5.41) is 9.36. The largest absolute Gasteiger partial charge is 0.296 e. The van der Waals surface area contributed by atoms with Crippen molar-refractivity contribution >= 4 is 0 Å². The molecule has 0 N–H and O–H groups in total. The highest BCUT2D eigenvalue weighted by Gasteiger charge is 2.39. The smallest absolute Gasteiger partial charge is 0.0672 e. The SMILES string of the molecule is CC1CCC(C#N)C(N2CCCC2C(C)C)C1. The van der Waals surface area contributed by atoms with Gasteiger partial charge in [-0.3, -0.25) is 4.90 Å². The van der Waals surface area contributed by atoms with Crippen molar-refractivity contribution in [3.8, 4) is 6.07 Å². The van der Waals surface area contributed by atoms with Gasteiger partial charge in [0, 0.05) is 12.1 Å². The molecule has 17 heavy (non-hydrogen) atoms. The van der Waals surface area contributed by atoms with E-state index in [4.69, 9.17) is 0 Å². The van der Waals surface area contributed by atoms with Gasteiger partial charge in [0.1, 0.15) is 0 Å². The molecule has 2 aliphatic rings. The molecule has 4 atom stereocenters. The van der Waals surface area contributed by atoms with E-state index in [2.05, 4.69) is 31.7 Å². The summed E-state index contributed by atoms with van der Waals surface area (Å²) >= 11 is 0. The van der Waals surface area contributed by atoms with Gasteiger partial charge in [-0.25, -0.2) is 0 Å². The maximum Gasteiger partial charge on any atom is 0.0672 e. The van der Waals surface area contributed by atoms with Crippen LogP contribution >= 0.6 is 0 Å². The van der Waals surface area contributed by atoms with Crippen molar-refractivity contribution in [3.05, 3.63) is 0 Å². The van der Waals surface area contributed by atoms with Crippen LogP contribution in [0.5, 0.6) is 0 Å². The molecule has 2 nitrogen and oxygen atoms in total. The van der Waals surface area contributed by atoms with Crippen molar-refractivity contribution in [1.82, 2.24) is 4.90 Å². The minimum atomic E-state index is 0.283. The molecule has 1 saturated heterocycles. The number of likely N-dealkylation sites (tertiary alicyclic amines) is 1. The molecular weight excluding hydrogens is 208 g/mol. The zero-order chi connectivity index (χ0) is 12.4. The van der Waals surface area contributed by atoms with E-state index in [0.29, 0.717) is 6.04 Å². The van der Waals surface area contributed by atoms with Crippen LogP contribution in [0, 0.1) is 29.1 Å². The summed E-state index contributed by atoms with van der Waals surface area (Å²) in [6.45, 7) is 8.23. The maximum atomic E-state index is 9.36. The monoisotopic (exact) mass is 234 g/mol. The fourth-order valence-corrected chi connectivity index (χ4v) is 3.81. The first-order valence-corrected chi connectivity index (χ1v) is 7.28. The molecule has 0 aromatic carbocycles. The second kappa shape index (κ2) is 5.40. The Morgan fingerprint density at radius 3 is 2.65 bits per heavy atom. The molecule has 0 spiro atoms. The molecule has 1 aliphatic heterocycles. The van der Waals surface area contributed by atoms with Gasteiger partial charge in [0.15, 0.2) is 0 Å². The van der Waals surface area contributed by atoms with E-state index in [1.165, 1.54) is 32.2 Å². The Morgan fingerprint density at radius 1 is 1.24 bits per heavy atom. The summed E-state index contributed by atoms with van der Waals surface area (Å²) in [4.78, 5) is 2.67. The van der Waals surface area contributed by atoms with Crippen molar-refractivity contribution in [2.24, 2.45) is 17.8 Å². The Morgan fingerprint density at radius 2 is 2.00 bits per heavy atom. The Hall–Kier alpha value is -0.550.